The second-order valence-electron chi connectivity index (χ2n) is 3.57. The summed E-state index contributed by atoms with van der Waals surface area (Å²) in [5.74, 6) is 0.0632. The number of aliphatic hydroxyl groups excluding tert-OH is 1. The zero-order chi connectivity index (χ0) is 12.4. The van der Waals surface area contributed by atoms with E-state index in [1.807, 2.05) is 0 Å². The molecule has 1 N–H and O–H groups in total. The topological polar surface area (TPSA) is 46.0 Å². The Morgan fingerprint density at radius 1 is 1.35 bits per heavy atom. The molecule has 88 valence electrons. The first kappa shape index (κ1) is 12.1. The molecule has 0 aliphatic heterocycles. The van der Waals surface area contributed by atoms with Gasteiger partial charge in [-0.3, -0.25) is 0 Å². The van der Waals surface area contributed by atoms with Gasteiger partial charge in [0.15, 0.2) is 0 Å². The molecule has 3 nitrogen and oxygen atoms in total. The summed E-state index contributed by atoms with van der Waals surface area (Å²) in [4.78, 5) is 8.01. The highest BCUT2D eigenvalue weighted by Crippen LogP contribution is 2.27. The fourth-order valence-corrected chi connectivity index (χ4v) is 1.90. The fraction of sp³-hybridized carbons (Fsp3) is 0.167. The molecule has 0 radical (unpaired) electrons. The Kier molecular flexibility index (Phi) is 3.49. The van der Waals surface area contributed by atoms with Crippen LogP contribution in [-0.2, 0) is 0 Å². The summed E-state index contributed by atoms with van der Waals surface area (Å²) in [7, 11) is 0. The van der Waals surface area contributed by atoms with Crippen molar-refractivity contribution in [3.05, 3.63) is 57.8 Å². The van der Waals surface area contributed by atoms with Gasteiger partial charge >= 0.3 is 0 Å². The Labute approximate surface area is 106 Å². The molecule has 0 fully saturated rings. The summed E-state index contributed by atoms with van der Waals surface area (Å²) >= 11 is 3.08. The molecule has 0 aliphatic carbocycles. The highest BCUT2D eigenvalue weighted by Gasteiger charge is 2.17. The van der Waals surface area contributed by atoms with E-state index < -0.39 is 11.9 Å². The monoisotopic (exact) mass is 296 g/mol. The van der Waals surface area contributed by atoms with Crippen molar-refractivity contribution in [2.24, 2.45) is 0 Å². The molecule has 0 saturated carbocycles. The minimum Gasteiger partial charge on any atom is -0.382 e. The van der Waals surface area contributed by atoms with Crippen LogP contribution < -0.4 is 0 Å². The maximum atomic E-state index is 13.8. The minimum absolute atomic E-state index is 0.192. The Morgan fingerprint density at radius 2 is 2.12 bits per heavy atom. The van der Waals surface area contributed by atoms with E-state index in [0.717, 1.165) is 0 Å². The van der Waals surface area contributed by atoms with Crippen LogP contribution in [0.3, 0.4) is 0 Å². The first-order valence-corrected chi connectivity index (χ1v) is 5.80. The predicted octanol–water partition coefficient (Wildman–Crippen LogP) is 2.77. The Hall–Kier alpha value is -1.33. The van der Waals surface area contributed by atoms with E-state index in [-0.39, 0.29) is 5.56 Å². The highest BCUT2D eigenvalue weighted by molar-refractivity contribution is 9.10. The third kappa shape index (κ3) is 2.50. The van der Waals surface area contributed by atoms with Gasteiger partial charge in [0.05, 0.1) is 10.2 Å². The molecule has 17 heavy (non-hydrogen) atoms. The first-order valence-electron chi connectivity index (χ1n) is 5.01. The maximum absolute atomic E-state index is 13.8. The van der Waals surface area contributed by atoms with Crippen LogP contribution >= 0.6 is 15.9 Å². The van der Waals surface area contributed by atoms with Gasteiger partial charge in [0.25, 0.3) is 0 Å². The summed E-state index contributed by atoms with van der Waals surface area (Å²) in [6.45, 7) is 1.72. The third-order valence-electron chi connectivity index (χ3n) is 2.35. The fourth-order valence-electron chi connectivity index (χ4n) is 1.52. The molecular formula is C12H10BrFN2O. The normalized spacial score (nSPS) is 12.5. The standard InChI is InChI=1S/C12H10BrFN2O/c1-7-15-6-5-10(16-7)12(17)8-3-2-4-9(13)11(8)14/h2-6,12,17H,1H3. The van der Waals surface area contributed by atoms with Crippen LogP contribution in [0.25, 0.3) is 0 Å². The molecular weight excluding hydrogens is 287 g/mol. The molecule has 2 aromatic rings. The molecule has 2 rings (SSSR count). The van der Waals surface area contributed by atoms with Gasteiger partial charge in [0.1, 0.15) is 17.7 Å². The maximum Gasteiger partial charge on any atom is 0.143 e. The van der Waals surface area contributed by atoms with Crippen molar-refractivity contribution in [3.8, 4) is 0 Å². The molecule has 1 heterocycles. The van der Waals surface area contributed by atoms with Crippen molar-refractivity contribution in [2.75, 3.05) is 0 Å². The molecule has 0 saturated heterocycles. The lowest BCUT2D eigenvalue weighted by molar-refractivity contribution is 0.209. The van der Waals surface area contributed by atoms with Crippen LogP contribution in [0.15, 0.2) is 34.9 Å². The molecule has 1 aromatic carbocycles. The molecule has 0 bridgehead atoms. The highest BCUT2D eigenvalue weighted by atomic mass is 79.9. The second kappa shape index (κ2) is 4.89. The van der Waals surface area contributed by atoms with Gasteiger partial charge in [-0.25, -0.2) is 14.4 Å². The summed E-state index contributed by atoms with van der Waals surface area (Å²) < 4.78 is 14.1. The molecule has 0 amide bonds. The number of hydrogen-bond acceptors (Lipinski definition) is 3. The number of rotatable bonds is 2. The average molecular weight is 297 g/mol. The van der Waals surface area contributed by atoms with Gasteiger partial charge in [-0.05, 0) is 35.0 Å². The average Bonchev–Trinajstić information content (AvgIpc) is 2.32. The van der Waals surface area contributed by atoms with Crippen molar-refractivity contribution in [3.63, 3.8) is 0 Å². The summed E-state index contributed by atoms with van der Waals surface area (Å²) in [5.41, 5.74) is 0.576. The zero-order valence-electron chi connectivity index (χ0n) is 9.06. The largest absolute Gasteiger partial charge is 0.382 e. The minimum atomic E-state index is -1.09. The van der Waals surface area contributed by atoms with Gasteiger partial charge in [-0.2, -0.15) is 0 Å². The van der Waals surface area contributed by atoms with Crippen LogP contribution in [0.2, 0.25) is 0 Å². The molecule has 1 aromatic heterocycles. The van der Waals surface area contributed by atoms with E-state index in [0.29, 0.717) is 16.0 Å². The lowest BCUT2D eigenvalue weighted by atomic mass is 10.1. The van der Waals surface area contributed by atoms with Gasteiger partial charge in [-0.15, -0.1) is 0 Å². The van der Waals surface area contributed by atoms with Crippen LogP contribution in [0, 0.1) is 12.7 Å². The molecule has 0 aliphatic rings. The zero-order valence-corrected chi connectivity index (χ0v) is 10.6. The van der Waals surface area contributed by atoms with Gasteiger partial charge in [-0.1, -0.05) is 12.1 Å². The number of benzene rings is 1. The van der Waals surface area contributed by atoms with Gasteiger partial charge in [0, 0.05) is 11.8 Å². The van der Waals surface area contributed by atoms with E-state index in [9.17, 15) is 9.50 Å². The van der Waals surface area contributed by atoms with E-state index >= 15 is 0 Å². The number of hydrogen-bond donors (Lipinski definition) is 1. The SMILES string of the molecule is Cc1nccc(C(O)c2cccc(Br)c2F)n1. The Morgan fingerprint density at radius 3 is 2.82 bits per heavy atom. The van der Waals surface area contributed by atoms with E-state index in [1.165, 1.54) is 12.3 Å². The number of aromatic nitrogens is 2. The molecule has 0 spiro atoms. The molecule has 1 unspecified atom stereocenters. The Bertz CT molecular complexity index is 548. The van der Waals surface area contributed by atoms with Gasteiger partial charge in [0.2, 0.25) is 0 Å². The lowest BCUT2D eigenvalue weighted by Gasteiger charge is -2.12. The van der Waals surface area contributed by atoms with Crippen LogP contribution in [0.4, 0.5) is 4.39 Å². The summed E-state index contributed by atoms with van der Waals surface area (Å²) in [6.07, 6.45) is 0.450. The summed E-state index contributed by atoms with van der Waals surface area (Å²) in [6, 6.07) is 6.34. The number of nitrogens with zero attached hydrogens (tertiary/aromatic N) is 2. The van der Waals surface area contributed by atoms with Crippen molar-refractivity contribution < 1.29 is 9.50 Å². The summed E-state index contributed by atoms with van der Waals surface area (Å²) in [5, 5.41) is 10.1. The third-order valence-corrected chi connectivity index (χ3v) is 2.97. The van der Waals surface area contributed by atoms with Crippen molar-refractivity contribution in [1.82, 2.24) is 9.97 Å². The van der Waals surface area contributed by atoms with Crippen molar-refractivity contribution >= 4 is 15.9 Å². The number of aliphatic hydroxyl groups is 1. The smallest absolute Gasteiger partial charge is 0.143 e. The van der Waals surface area contributed by atoms with Crippen molar-refractivity contribution in [2.45, 2.75) is 13.0 Å². The van der Waals surface area contributed by atoms with E-state index in [4.69, 9.17) is 0 Å². The van der Waals surface area contributed by atoms with Gasteiger partial charge < -0.3 is 5.11 Å². The van der Waals surface area contributed by atoms with E-state index in [2.05, 4.69) is 25.9 Å². The quantitative estimate of drug-likeness (QED) is 0.927. The van der Waals surface area contributed by atoms with E-state index in [1.54, 1.807) is 25.1 Å². The first-order chi connectivity index (χ1) is 8.09. The lowest BCUT2D eigenvalue weighted by Crippen LogP contribution is -2.06. The molecule has 1 atom stereocenters. The number of halogens is 2. The predicted molar refractivity (Wildman–Crippen MR) is 64.9 cm³/mol. The number of aryl methyl sites for hydroxylation is 1. The van der Waals surface area contributed by atoms with Crippen LogP contribution in [-0.4, -0.2) is 15.1 Å². The Balaban J connectivity index is 2.44. The van der Waals surface area contributed by atoms with Crippen LogP contribution in [0.5, 0.6) is 0 Å². The van der Waals surface area contributed by atoms with Crippen LogP contribution in [0.1, 0.15) is 23.2 Å². The second-order valence-corrected chi connectivity index (χ2v) is 4.43. The molecule has 5 heteroatoms. The van der Waals surface area contributed by atoms with Crippen molar-refractivity contribution in [1.29, 1.82) is 0 Å².